The molecule has 1 N–H and O–H groups in total. The molecular weight excluding hydrogens is 242 g/mol. The van der Waals surface area contributed by atoms with Crippen LogP contribution in [0.3, 0.4) is 0 Å². The molecule has 84 valence electrons. The van der Waals surface area contributed by atoms with Crippen molar-refractivity contribution in [3.05, 3.63) is 50.9 Å². The normalized spacial score (nSPS) is 12.7. The third kappa shape index (κ3) is 2.61. The van der Waals surface area contributed by atoms with E-state index in [4.69, 9.17) is 11.6 Å². The number of hydrogen-bond donors (Lipinski definition) is 1. The number of aromatic nitrogens is 1. The number of hydrogen-bond acceptors (Lipinski definition) is 3. The third-order valence-electron chi connectivity index (χ3n) is 2.28. The molecule has 2 nitrogen and oxygen atoms in total. The summed E-state index contributed by atoms with van der Waals surface area (Å²) in [6.45, 7) is 1.74. The van der Waals surface area contributed by atoms with Gasteiger partial charge in [-0.3, -0.25) is 0 Å². The van der Waals surface area contributed by atoms with Gasteiger partial charge in [-0.25, -0.2) is 4.98 Å². The molecule has 2 rings (SSSR count). The molecule has 1 aromatic heterocycles. The third-order valence-corrected chi connectivity index (χ3v) is 3.82. The molecule has 1 unspecified atom stereocenters. The second-order valence-electron chi connectivity index (χ2n) is 3.60. The van der Waals surface area contributed by atoms with Crippen LogP contribution < -0.4 is 0 Å². The van der Waals surface area contributed by atoms with Crippen molar-refractivity contribution in [2.45, 2.75) is 19.4 Å². The molecule has 0 aliphatic carbocycles. The number of nitrogens with zero attached hydrogens (tertiary/aromatic N) is 1. The molecule has 0 radical (unpaired) electrons. The molecule has 0 bridgehead atoms. The van der Waals surface area contributed by atoms with Crippen molar-refractivity contribution in [1.82, 2.24) is 4.98 Å². The zero-order valence-corrected chi connectivity index (χ0v) is 10.4. The summed E-state index contributed by atoms with van der Waals surface area (Å²) >= 11 is 7.60. The highest BCUT2D eigenvalue weighted by Crippen LogP contribution is 2.24. The Labute approximate surface area is 104 Å². The van der Waals surface area contributed by atoms with Crippen molar-refractivity contribution in [2.24, 2.45) is 0 Å². The number of aliphatic hydroxyl groups is 1. The first-order valence-corrected chi connectivity index (χ1v) is 6.22. The Morgan fingerprint density at radius 3 is 2.81 bits per heavy atom. The highest BCUT2D eigenvalue weighted by molar-refractivity contribution is 7.11. The van der Waals surface area contributed by atoms with Gasteiger partial charge >= 0.3 is 0 Å². The summed E-state index contributed by atoms with van der Waals surface area (Å²) in [6, 6.07) is 7.74. The van der Waals surface area contributed by atoms with Crippen LogP contribution in [-0.2, 0) is 6.42 Å². The summed E-state index contributed by atoms with van der Waals surface area (Å²) < 4.78 is 0. The van der Waals surface area contributed by atoms with E-state index in [1.54, 1.807) is 13.1 Å². The first kappa shape index (κ1) is 11.6. The van der Waals surface area contributed by atoms with Gasteiger partial charge in [0.15, 0.2) is 0 Å². The molecule has 0 amide bonds. The van der Waals surface area contributed by atoms with E-state index in [0.717, 1.165) is 26.9 Å². The van der Waals surface area contributed by atoms with Crippen LogP contribution >= 0.6 is 22.9 Å². The number of rotatable bonds is 3. The van der Waals surface area contributed by atoms with Crippen molar-refractivity contribution in [3.63, 3.8) is 0 Å². The summed E-state index contributed by atoms with van der Waals surface area (Å²) in [6.07, 6.45) is 2.00. The van der Waals surface area contributed by atoms with Gasteiger partial charge in [0.2, 0.25) is 0 Å². The van der Waals surface area contributed by atoms with E-state index in [2.05, 4.69) is 4.98 Å². The summed E-state index contributed by atoms with van der Waals surface area (Å²) in [7, 11) is 0. The Morgan fingerprint density at radius 1 is 1.44 bits per heavy atom. The van der Waals surface area contributed by atoms with Crippen molar-refractivity contribution < 1.29 is 5.11 Å². The minimum Gasteiger partial charge on any atom is -0.388 e. The van der Waals surface area contributed by atoms with Crippen molar-refractivity contribution in [3.8, 4) is 0 Å². The van der Waals surface area contributed by atoms with E-state index in [9.17, 15) is 5.11 Å². The summed E-state index contributed by atoms with van der Waals surface area (Å²) in [5, 5.41) is 11.1. The summed E-state index contributed by atoms with van der Waals surface area (Å²) in [4.78, 5) is 5.16. The van der Waals surface area contributed by atoms with Gasteiger partial charge in [-0.2, -0.15) is 0 Å². The first-order chi connectivity index (χ1) is 7.66. The lowest BCUT2D eigenvalue weighted by molar-refractivity contribution is 0.203. The van der Waals surface area contributed by atoms with E-state index in [1.165, 1.54) is 11.3 Å². The Morgan fingerprint density at radius 2 is 2.19 bits per heavy atom. The van der Waals surface area contributed by atoms with E-state index >= 15 is 0 Å². The molecule has 0 saturated heterocycles. The Bertz CT molecular complexity index is 481. The molecule has 16 heavy (non-hydrogen) atoms. The topological polar surface area (TPSA) is 33.1 Å². The number of thiazole rings is 1. The van der Waals surface area contributed by atoms with Crippen LogP contribution in [0.1, 0.15) is 28.5 Å². The summed E-state index contributed by atoms with van der Waals surface area (Å²) in [5.74, 6) is 0. The van der Waals surface area contributed by atoms with E-state index < -0.39 is 6.10 Å². The number of benzene rings is 1. The zero-order chi connectivity index (χ0) is 11.5. The maximum atomic E-state index is 9.40. The van der Waals surface area contributed by atoms with Gasteiger partial charge in [-0.15, -0.1) is 11.3 Å². The number of halogens is 1. The second-order valence-corrected chi connectivity index (χ2v) is 5.15. The van der Waals surface area contributed by atoms with E-state index in [0.29, 0.717) is 0 Å². The lowest BCUT2D eigenvalue weighted by Gasteiger charge is -2.00. The van der Waals surface area contributed by atoms with Crippen molar-refractivity contribution in [2.75, 3.05) is 0 Å². The van der Waals surface area contributed by atoms with Crippen LogP contribution in [0.25, 0.3) is 0 Å². The van der Waals surface area contributed by atoms with Gasteiger partial charge in [0.05, 0.1) is 16.0 Å². The fourth-order valence-electron chi connectivity index (χ4n) is 1.40. The smallest absolute Gasteiger partial charge is 0.0973 e. The molecule has 0 saturated carbocycles. The highest BCUT2D eigenvalue weighted by Gasteiger charge is 2.08. The van der Waals surface area contributed by atoms with Gasteiger partial charge in [0, 0.05) is 17.6 Å². The molecule has 0 fully saturated rings. The molecule has 1 aromatic carbocycles. The maximum absolute atomic E-state index is 9.40. The monoisotopic (exact) mass is 253 g/mol. The predicted molar refractivity (Wildman–Crippen MR) is 67.0 cm³/mol. The largest absolute Gasteiger partial charge is 0.388 e. The second kappa shape index (κ2) is 4.95. The molecule has 4 heteroatoms. The van der Waals surface area contributed by atoms with Gasteiger partial charge in [0.25, 0.3) is 0 Å². The first-order valence-electron chi connectivity index (χ1n) is 5.03. The van der Waals surface area contributed by atoms with Crippen LogP contribution in [0.15, 0.2) is 30.5 Å². The van der Waals surface area contributed by atoms with Crippen molar-refractivity contribution in [1.29, 1.82) is 0 Å². The number of aliphatic hydroxyl groups excluding tert-OH is 1. The van der Waals surface area contributed by atoms with Gasteiger partial charge in [-0.1, -0.05) is 29.8 Å². The minimum atomic E-state index is -0.447. The van der Waals surface area contributed by atoms with E-state index in [-0.39, 0.29) is 0 Å². The van der Waals surface area contributed by atoms with Gasteiger partial charge in [0.1, 0.15) is 0 Å². The van der Waals surface area contributed by atoms with Crippen molar-refractivity contribution >= 4 is 22.9 Å². The average molecular weight is 254 g/mol. The fourth-order valence-corrected chi connectivity index (χ4v) is 2.49. The van der Waals surface area contributed by atoms with Crippen LogP contribution in [0, 0.1) is 0 Å². The molecule has 1 heterocycles. The van der Waals surface area contributed by atoms with Gasteiger partial charge < -0.3 is 5.11 Å². The van der Waals surface area contributed by atoms with Crippen LogP contribution in [-0.4, -0.2) is 10.1 Å². The Kier molecular flexibility index (Phi) is 3.59. The zero-order valence-electron chi connectivity index (χ0n) is 8.85. The summed E-state index contributed by atoms with van der Waals surface area (Å²) in [5.41, 5.74) is 1.07. The lowest BCUT2D eigenvalue weighted by Crippen LogP contribution is -1.87. The molecule has 0 spiro atoms. The molecule has 2 aromatic rings. The molecule has 0 aliphatic rings. The predicted octanol–water partition coefficient (Wildman–Crippen LogP) is 3.44. The van der Waals surface area contributed by atoms with Crippen LogP contribution in [0.5, 0.6) is 0 Å². The van der Waals surface area contributed by atoms with Crippen LogP contribution in [0.2, 0.25) is 5.02 Å². The highest BCUT2D eigenvalue weighted by atomic mass is 35.5. The SMILES string of the molecule is CC(O)c1cnc(Cc2ccccc2Cl)s1. The fraction of sp³-hybridized carbons (Fsp3) is 0.250. The lowest BCUT2D eigenvalue weighted by atomic mass is 10.2. The molecule has 0 aliphatic heterocycles. The van der Waals surface area contributed by atoms with Gasteiger partial charge in [-0.05, 0) is 18.6 Å². The quantitative estimate of drug-likeness (QED) is 0.909. The average Bonchev–Trinajstić information content (AvgIpc) is 2.70. The maximum Gasteiger partial charge on any atom is 0.0973 e. The standard InChI is InChI=1S/C12H12ClNOS/c1-8(15)11-7-14-12(16-11)6-9-4-2-3-5-10(9)13/h2-5,7-8,15H,6H2,1H3. The molecule has 1 atom stereocenters. The Hall–Kier alpha value is -0.900. The molecular formula is C12H12ClNOS. The Balaban J connectivity index is 2.18. The minimum absolute atomic E-state index is 0.447. The van der Waals surface area contributed by atoms with E-state index in [1.807, 2.05) is 24.3 Å². The van der Waals surface area contributed by atoms with Crippen LogP contribution in [0.4, 0.5) is 0 Å².